The van der Waals surface area contributed by atoms with Crippen molar-refractivity contribution in [2.45, 2.75) is 0 Å². The third kappa shape index (κ3) is 2.93. The smallest absolute Gasteiger partial charge is 0.146 e. The van der Waals surface area contributed by atoms with Crippen LogP contribution in [0.3, 0.4) is 0 Å². The Balaban J connectivity index is 1.52. The van der Waals surface area contributed by atoms with Crippen molar-refractivity contribution in [2.24, 2.45) is 0 Å². The van der Waals surface area contributed by atoms with Gasteiger partial charge >= 0.3 is 0 Å². The monoisotopic (exact) mass is 413 g/mol. The molecule has 0 unspecified atom stereocenters. The highest BCUT2D eigenvalue weighted by molar-refractivity contribution is 6.07. The predicted molar refractivity (Wildman–Crippen MR) is 129 cm³/mol. The molecule has 0 atom stereocenters. The molecule has 32 heavy (non-hydrogen) atoms. The maximum absolute atomic E-state index is 10.3. The molecule has 0 amide bonds. The molecule has 0 fully saturated rings. The number of hydrogen-bond acceptors (Lipinski definition) is 3. The molecule has 3 aromatic heterocycles. The maximum Gasteiger partial charge on any atom is 0.146 e. The number of aromatic hydroxyl groups is 1. The molecule has 0 bridgehead atoms. The van der Waals surface area contributed by atoms with Crippen molar-refractivity contribution >= 4 is 21.9 Å². The van der Waals surface area contributed by atoms with Crippen molar-refractivity contribution in [3.05, 3.63) is 109 Å². The molecule has 0 saturated carbocycles. The Morgan fingerprint density at radius 3 is 2.38 bits per heavy atom. The average Bonchev–Trinajstić information content (AvgIpc) is 3.19. The molecular formula is C28H19N3O. The van der Waals surface area contributed by atoms with Crippen molar-refractivity contribution in [3.63, 3.8) is 0 Å². The SMILES string of the molecule is Oc1ccccc1-c1cccc(-c2cccc(-n3c4ccccc4c4cccnc43)n2)c1. The van der Waals surface area contributed by atoms with Gasteiger partial charge in [0.2, 0.25) is 0 Å². The van der Waals surface area contributed by atoms with Gasteiger partial charge < -0.3 is 5.11 Å². The number of nitrogens with zero attached hydrogens (tertiary/aromatic N) is 3. The molecule has 4 heteroatoms. The molecule has 152 valence electrons. The molecule has 3 heterocycles. The van der Waals surface area contributed by atoms with Crippen LogP contribution in [0.25, 0.3) is 50.1 Å². The van der Waals surface area contributed by atoms with Gasteiger partial charge in [0.25, 0.3) is 0 Å². The Kier molecular flexibility index (Phi) is 4.22. The van der Waals surface area contributed by atoms with Crippen molar-refractivity contribution in [3.8, 4) is 34.0 Å². The van der Waals surface area contributed by atoms with Gasteiger partial charge in [-0.15, -0.1) is 0 Å². The van der Waals surface area contributed by atoms with E-state index in [0.29, 0.717) is 0 Å². The van der Waals surface area contributed by atoms with Gasteiger partial charge in [-0.3, -0.25) is 4.57 Å². The Morgan fingerprint density at radius 2 is 1.44 bits per heavy atom. The van der Waals surface area contributed by atoms with E-state index in [1.54, 1.807) is 6.07 Å². The van der Waals surface area contributed by atoms with Crippen LogP contribution in [0.2, 0.25) is 0 Å². The minimum absolute atomic E-state index is 0.266. The Labute approximate surface area is 185 Å². The standard InChI is InChI=1S/C28H19N3O/c32-26-15-4-2-10-21(26)19-8-5-9-20(18-19)24-13-6-16-27(30-24)31-25-14-3-1-11-22(25)23-12-7-17-29-28(23)31/h1-18,32H. The molecule has 0 aliphatic carbocycles. The summed E-state index contributed by atoms with van der Waals surface area (Å²) in [6.45, 7) is 0. The second-order valence-electron chi connectivity index (χ2n) is 7.71. The summed E-state index contributed by atoms with van der Waals surface area (Å²) < 4.78 is 2.11. The second-order valence-corrected chi connectivity index (χ2v) is 7.71. The Morgan fingerprint density at radius 1 is 0.656 bits per heavy atom. The molecule has 0 aliphatic heterocycles. The number of phenols is 1. The lowest BCUT2D eigenvalue weighted by atomic mass is 10.0. The van der Waals surface area contributed by atoms with Crippen LogP contribution in [0, 0.1) is 0 Å². The van der Waals surface area contributed by atoms with Crippen molar-refractivity contribution < 1.29 is 5.11 Å². The first-order valence-electron chi connectivity index (χ1n) is 10.5. The zero-order valence-corrected chi connectivity index (χ0v) is 17.2. The van der Waals surface area contributed by atoms with Crippen molar-refractivity contribution in [1.29, 1.82) is 0 Å². The van der Waals surface area contributed by atoms with E-state index in [0.717, 1.165) is 50.1 Å². The van der Waals surface area contributed by atoms with Gasteiger partial charge in [0.15, 0.2) is 0 Å². The molecule has 6 aromatic rings. The number of para-hydroxylation sites is 2. The molecule has 0 spiro atoms. The van der Waals surface area contributed by atoms with Gasteiger partial charge in [-0.05, 0) is 48.0 Å². The highest BCUT2D eigenvalue weighted by atomic mass is 16.3. The zero-order chi connectivity index (χ0) is 21.5. The number of phenolic OH excluding ortho intramolecular Hbond substituents is 1. The molecular weight excluding hydrogens is 394 g/mol. The third-order valence-electron chi connectivity index (χ3n) is 5.77. The average molecular weight is 413 g/mol. The topological polar surface area (TPSA) is 50.9 Å². The lowest BCUT2D eigenvalue weighted by molar-refractivity contribution is 0.477. The van der Waals surface area contributed by atoms with E-state index in [4.69, 9.17) is 4.98 Å². The van der Waals surface area contributed by atoms with E-state index < -0.39 is 0 Å². The summed E-state index contributed by atoms with van der Waals surface area (Å²) in [5.41, 5.74) is 5.57. The van der Waals surface area contributed by atoms with Crippen LogP contribution in [0.1, 0.15) is 0 Å². The summed E-state index contributed by atoms with van der Waals surface area (Å²) >= 11 is 0. The van der Waals surface area contributed by atoms with Crippen LogP contribution >= 0.6 is 0 Å². The minimum atomic E-state index is 0.266. The molecule has 1 N–H and O–H groups in total. The van der Waals surface area contributed by atoms with Gasteiger partial charge in [0.05, 0.1) is 11.2 Å². The lowest BCUT2D eigenvalue weighted by Crippen LogP contribution is -1.99. The summed E-state index contributed by atoms with van der Waals surface area (Å²) in [7, 11) is 0. The van der Waals surface area contributed by atoms with Gasteiger partial charge in [0, 0.05) is 28.1 Å². The molecule has 4 nitrogen and oxygen atoms in total. The second kappa shape index (κ2) is 7.36. The first-order valence-corrected chi connectivity index (χ1v) is 10.5. The number of rotatable bonds is 3. The van der Waals surface area contributed by atoms with Gasteiger partial charge in [-0.2, -0.15) is 0 Å². The van der Waals surface area contributed by atoms with Gasteiger partial charge in [-0.25, -0.2) is 9.97 Å². The minimum Gasteiger partial charge on any atom is -0.507 e. The van der Waals surface area contributed by atoms with Crippen LogP contribution < -0.4 is 0 Å². The maximum atomic E-state index is 10.3. The van der Waals surface area contributed by atoms with Gasteiger partial charge in [0.1, 0.15) is 17.2 Å². The quantitative estimate of drug-likeness (QED) is 0.355. The predicted octanol–water partition coefficient (Wildman–Crippen LogP) is 6.61. The fraction of sp³-hybridized carbons (Fsp3) is 0. The van der Waals surface area contributed by atoms with Crippen LogP contribution in [-0.4, -0.2) is 19.6 Å². The van der Waals surface area contributed by atoms with Crippen LogP contribution in [0.5, 0.6) is 5.75 Å². The van der Waals surface area contributed by atoms with E-state index in [1.807, 2.05) is 79.0 Å². The first-order chi connectivity index (χ1) is 15.8. The molecule has 0 aliphatic rings. The molecule has 6 rings (SSSR count). The number of pyridine rings is 2. The largest absolute Gasteiger partial charge is 0.507 e. The normalized spacial score (nSPS) is 11.2. The molecule has 0 saturated heterocycles. The van der Waals surface area contributed by atoms with E-state index in [9.17, 15) is 5.11 Å². The number of benzene rings is 3. The number of fused-ring (bicyclic) bond motifs is 3. The van der Waals surface area contributed by atoms with E-state index >= 15 is 0 Å². The zero-order valence-electron chi connectivity index (χ0n) is 17.2. The van der Waals surface area contributed by atoms with Crippen LogP contribution in [0.4, 0.5) is 0 Å². The summed E-state index contributed by atoms with van der Waals surface area (Å²) in [5, 5.41) is 12.5. The number of aromatic nitrogens is 3. The molecule has 3 aromatic carbocycles. The summed E-state index contributed by atoms with van der Waals surface area (Å²) in [4.78, 5) is 9.66. The van der Waals surface area contributed by atoms with E-state index in [-0.39, 0.29) is 5.75 Å². The summed E-state index contributed by atoms with van der Waals surface area (Å²) in [6, 6.07) is 33.9. The Bertz CT molecular complexity index is 1550. The van der Waals surface area contributed by atoms with Gasteiger partial charge in [-0.1, -0.05) is 60.7 Å². The highest BCUT2D eigenvalue weighted by Crippen LogP contribution is 2.33. The third-order valence-corrected chi connectivity index (χ3v) is 5.77. The van der Waals surface area contributed by atoms with E-state index in [2.05, 4.69) is 33.8 Å². The first kappa shape index (κ1) is 18.3. The fourth-order valence-corrected chi connectivity index (χ4v) is 4.30. The molecule has 0 radical (unpaired) electrons. The van der Waals surface area contributed by atoms with Crippen LogP contribution in [-0.2, 0) is 0 Å². The lowest BCUT2D eigenvalue weighted by Gasteiger charge is -2.10. The van der Waals surface area contributed by atoms with Crippen LogP contribution in [0.15, 0.2) is 109 Å². The highest BCUT2D eigenvalue weighted by Gasteiger charge is 2.14. The fourth-order valence-electron chi connectivity index (χ4n) is 4.30. The van der Waals surface area contributed by atoms with E-state index in [1.165, 1.54) is 0 Å². The number of hydrogen-bond donors (Lipinski definition) is 1. The van der Waals surface area contributed by atoms with Crippen molar-refractivity contribution in [1.82, 2.24) is 14.5 Å². The Hall–Kier alpha value is -4.44. The van der Waals surface area contributed by atoms with Crippen molar-refractivity contribution in [2.75, 3.05) is 0 Å². The summed E-state index contributed by atoms with van der Waals surface area (Å²) in [5.74, 6) is 1.09. The summed E-state index contributed by atoms with van der Waals surface area (Å²) in [6.07, 6.45) is 1.82.